The maximum absolute atomic E-state index is 14.2. The number of rotatable bonds is 4. The minimum Gasteiger partial charge on any atom is -0.368 e. The lowest BCUT2D eigenvalue weighted by Gasteiger charge is -2.38. The van der Waals surface area contributed by atoms with Crippen molar-refractivity contribution in [1.29, 1.82) is 0 Å². The summed E-state index contributed by atoms with van der Waals surface area (Å²) in [6.45, 7) is 4.37. The predicted octanol–water partition coefficient (Wildman–Crippen LogP) is 1.48. The topological polar surface area (TPSA) is 77.1 Å². The summed E-state index contributed by atoms with van der Waals surface area (Å²) in [4.78, 5) is 36.1. The van der Waals surface area contributed by atoms with Gasteiger partial charge in [0, 0.05) is 76.1 Å². The van der Waals surface area contributed by atoms with E-state index < -0.39 is 11.0 Å². The zero-order valence-corrected chi connectivity index (χ0v) is 19.5. The molecule has 3 fully saturated rings. The number of hydrogen-bond donors (Lipinski definition) is 0. The Balaban J connectivity index is 1.42. The third-order valence-corrected chi connectivity index (χ3v) is 7.85. The van der Waals surface area contributed by atoms with E-state index in [1.807, 2.05) is 9.21 Å². The number of anilines is 1. The lowest BCUT2D eigenvalue weighted by atomic mass is 10.1. The third kappa shape index (κ3) is 4.46. The number of carbonyl (C=O) groups is 2. The number of carbonyl (C=O) groups excluding carboxylic acids is 2. The number of pyridine rings is 1. The van der Waals surface area contributed by atoms with Gasteiger partial charge in [-0.3, -0.25) is 14.6 Å². The van der Waals surface area contributed by atoms with Gasteiger partial charge in [0.05, 0.1) is 27.8 Å². The van der Waals surface area contributed by atoms with Crippen LogP contribution in [-0.2, 0) is 15.8 Å². The minimum atomic E-state index is -1.05. The van der Waals surface area contributed by atoms with Crippen LogP contribution in [0.4, 0.5) is 10.1 Å². The van der Waals surface area contributed by atoms with Crippen LogP contribution in [0.15, 0.2) is 24.4 Å². The molecule has 1 atom stereocenters. The highest BCUT2D eigenvalue weighted by atomic mass is 32.2. The first-order valence-corrected chi connectivity index (χ1v) is 12.9. The molecule has 33 heavy (non-hydrogen) atoms. The Hall–Kier alpha value is -2.59. The van der Waals surface area contributed by atoms with Crippen molar-refractivity contribution in [3.63, 3.8) is 0 Å². The Bertz CT molecular complexity index is 1110. The second kappa shape index (κ2) is 8.98. The van der Waals surface area contributed by atoms with Crippen molar-refractivity contribution in [1.82, 2.24) is 19.1 Å². The van der Waals surface area contributed by atoms with Gasteiger partial charge in [0.1, 0.15) is 5.82 Å². The largest absolute Gasteiger partial charge is 0.368 e. The van der Waals surface area contributed by atoms with Crippen LogP contribution in [-0.4, -0.2) is 93.7 Å². The highest BCUT2D eigenvalue weighted by Gasteiger charge is 2.36. The zero-order chi connectivity index (χ0) is 23.1. The Morgan fingerprint density at radius 2 is 1.67 bits per heavy atom. The summed E-state index contributed by atoms with van der Waals surface area (Å²) in [5, 5.41) is 0.606. The smallest absolute Gasteiger partial charge is 0.257 e. The summed E-state index contributed by atoms with van der Waals surface area (Å²) >= 11 is 0. The molecule has 0 N–H and O–H groups in total. The van der Waals surface area contributed by atoms with Gasteiger partial charge in [-0.25, -0.2) is 12.9 Å². The van der Waals surface area contributed by atoms with E-state index in [0.29, 0.717) is 74.5 Å². The van der Waals surface area contributed by atoms with Gasteiger partial charge >= 0.3 is 0 Å². The van der Waals surface area contributed by atoms with Crippen LogP contribution < -0.4 is 4.90 Å². The highest BCUT2D eigenvalue weighted by molar-refractivity contribution is 7.81. The number of fused-ring (bicyclic) bond motifs is 1. The Labute approximate surface area is 194 Å². The second-order valence-corrected chi connectivity index (χ2v) is 10.3. The van der Waals surface area contributed by atoms with E-state index in [1.165, 1.54) is 12.1 Å². The number of amides is 2. The second-order valence-electron chi connectivity index (χ2n) is 8.91. The van der Waals surface area contributed by atoms with Crippen molar-refractivity contribution in [2.45, 2.75) is 12.8 Å². The van der Waals surface area contributed by atoms with Gasteiger partial charge in [0.15, 0.2) is 0 Å². The number of aromatic nitrogens is 1. The Kier molecular flexibility index (Phi) is 6.05. The van der Waals surface area contributed by atoms with Gasteiger partial charge in [-0.1, -0.05) is 0 Å². The van der Waals surface area contributed by atoms with E-state index in [0.717, 1.165) is 12.8 Å². The summed E-state index contributed by atoms with van der Waals surface area (Å²) < 4.78 is 28.0. The van der Waals surface area contributed by atoms with Crippen LogP contribution in [0.1, 0.15) is 23.2 Å². The molecule has 3 aliphatic rings. The molecule has 1 unspecified atom stereocenters. The summed E-state index contributed by atoms with van der Waals surface area (Å²) in [6, 6.07) is 4.43. The van der Waals surface area contributed by atoms with Gasteiger partial charge < -0.3 is 14.7 Å². The van der Waals surface area contributed by atoms with Crippen LogP contribution in [0.2, 0.25) is 0 Å². The molecule has 0 radical (unpaired) electrons. The summed E-state index contributed by atoms with van der Waals surface area (Å²) in [5.41, 5.74) is 1.76. The normalized spacial score (nSPS) is 20.8. The average Bonchev–Trinajstić information content (AvgIpc) is 3.68. The van der Waals surface area contributed by atoms with Gasteiger partial charge in [-0.15, -0.1) is 0 Å². The molecule has 0 bridgehead atoms. The van der Waals surface area contributed by atoms with E-state index in [9.17, 15) is 18.2 Å². The van der Waals surface area contributed by atoms with Crippen molar-refractivity contribution < 1.29 is 18.2 Å². The summed E-state index contributed by atoms with van der Waals surface area (Å²) in [7, 11) is -1.05. The highest BCUT2D eigenvalue weighted by Crippen LogP contribution is 2.33. The van der Waals surface area contributed by atoms with Crippen LogP contribution in [0.25, 0.3) is 10.9 Å². The number of hydrogen-bond acceptors (Lipinski definition) is 5. The number of benzene rings is 1. The van der Waals surface area contributed by atoms with E-state index >= 15 is 0 Å². The Morgan fingerprint density at radius 3 is 2.30 bits per heavy atom. The fraction of sp³-hybridized carbons (Fsp3) is 0.522. The van der Waals surface area contributed by atoms with Crippen LogP contribution in [0.5, 0.6) is 0 Å². The van der Waals surface area contributed by atoms with Crippen molar-refractivity contribution in [3.8, 4) is 0 Å². The van der Waals surface area contributed by atoms with E-state index in [2.05, 4.69) is 9.88 Å². The van der Waals surface area contributed by atoms with Crippen molar-refractivity contribution in [2.24, 2.45) is 5.92 Å². The Morgan fingerprint density at radius 1 is 1.00 bits per heavy atom. The molecule has 2 saturated heterocycles. The molecule has 0 spiro atoms. The van der Waals surface area contributed by atoms with Gasteiger partial charge in [0.2, 0.25) is 5.91 Å². The van der Waals surface area contributed by atoms with Crippen LogP contribution in [0, 0.1) is 11.7 Å². The predicted molar refractivity (Wildman–Crippen MR) is 125 cm³/mol. The number of piperazine rings is 2. The van der Waals surface area contributed by atoms with Gasteiger partial charge in [0.25, 0.3) is 5.91 Å². The first-order chi connectivity index (χ1) is 15.9. The number of halogens is 1. The molecule has 8 nitrogen and oxygen atoms in total. The summed E-state index contributed by atoms with van der Waals surface area (Å²) in [6.07, 6.45) is 5.19. The lowest BCUT2D eigenvalue weighted by Crippen LogP contribution is -2.51. The lowest BCUT2D eigenvalue weighted by molar-refractivity contribution is -0.134. The summed E-state index contributed by atoms with van der Waals surface area (Å²) in [5.74, 6) is -0.147. The molecule has 3 heterocycles. The minimum absolute atomic E-state index is 0.149. The quantitative estimate of drug-likeness (QED) is 0.673. The third-order valence-electron chi connectivity index (χ3n) is 6.76. The molecular weight excluding hydrogens is 445 g/mol. The van der Waals surface area contributed by atoms with E-state index in [4.69, 9.17) is 0 Å². The van der Waals surface area contributed by atoms with Crippen molar-refractivity contribution in [3.05, 3.63) is 35.8 Å². The molecule has 1 aromatic carbocycles. The van der Waals surface area contributed by atoms with E-state index in [-0.39, 0.29) is 23.5 Å². The molecule has 2 aromatic rings. The molecule has 176 valence electrons. The standard InChI is InChI=1S/C23H28FN5O3S/c1-33(32)29-12-10-26(11-13-29)21-18-14-17(24)4-5-20(18)25-15-19(21)23(31)28-8-6-27(7-9-28)22(30)16-2-3-16/h4-5,14-16H,2-3,6-13H2,1H3. The van der Waals surface area contributed by atoms with Crippen molar-refractivity contribution in [2.75, 3.05) is 63.5 Å². The zero-order valence-electron chi connectivity index (χ0n) is 18.7. The molecule has 2 amide bonds. The molecule has 1 saturated carbocycles. The van der Waals surface area contributed by atoms with E-state index in [1.54, 1.807) is 23.4 Å². The first-order valence-electron chi connectivity index (χ1n) is 11.4. The first kappa shape index (κ1) is 22.2. The van der Waals surface area contributed by atoms with Crippen LogP contribution in [0.3, 0.4) is 0 Å². The maximum Gasteiger partial charge on any atom is 0.257 e. The molecular formula is C23H28FN5O3S. The average molecular weight is 474 g/mol. The fourth-order valence-electron chi connectivity index (χ4n) is 4.71. The molecule has 5 rings (SSSR count). The fourth-order valence-corrected chi connectivity index (χ4v) is 5.38. The monoisotopic (exact) mass is 473 g/mol. The maximum atomic E-state index is 14.2. The molecule has 1 aliphatic carbocycles. The SMILES string of the molecule is CS(=O)N1CCN(c2c(C(=O)N3CCN(C(=O)C4CC4)CC3)cnc3ccc(F)cc23)CC1. The van der Waals surface area contributed by atoms with Gasteiger partial charge in [-0.2, -0.15) is 0 Å². The van der Waals surface area contributed by atoms with Crippen molar-refractivity contribution >= 4 is 39.4 Å². The molecule has 10 heteroatoms. The molecule has 2 aliphatic heterocycles. The molecule has 1 aromatic heterocycles. The van der Waals surface area contributed by atoms with Gasteiger partial charge in [-0.05, 0) is 31.0 Å². The number of nitrogens with zero attached hydrogens (tertiary/aromatic N) is 5. The van der Waals surface area contributed by atoms with Crippen LogP contribution >= 0.6 is 0 Å².